The van der Waals surface area contributed by atoms with Crippen molar-refractivity contribution in [2.24, 2.45) is 5.92 Å². The summed E-state index contributed by atoms with van der Waals surface area (Å²) in [5, 5.41) is 0. The summed E-state index contributed by atoms with van der Waals surface area (Å²) in [4.78, 5) is 30.2. The van der Waals surface area contributed by atoms with Gasteiger partial charge in [-0.3, -0.25) is 4.79 Å². The number of imide groups is 1. The van der Waals surface area contributed by atoms with Crippen molar-refractivity contribution in [2.75, 3.05) is 26.7 Å². The standard InChI is InChI=1S/C33H38F2N2O3/c1-23-18-27(19-24(2)31(23)35)20-28(15-17-36(3)16-7-10-25-11-13-29(34)14-12-25)32(38)37-30(22-40-33(37)39)21-26-8-5-4-6-9-26/h4-6,8-9,11-14,18-19,28,30H,7,10,15-17,20-22H2,1-3H3/t28-,30-/m1/s1. The highest BCUT2D eigenvalue weighted by molar-refractivity contribution is 5.95. The van der Waals surface area contributed by atoms with Crippen LogP contribution in [0.15, 0.2) is 66.7 Å². The van der Waals surface area contributed by atoms with Gasteiger partial charge in [-0.2, -0.15) is 0 Å². The van der Waals surface area contributed by atoms with Crippen molar-refractivity contribution in [3.63, 3.8) is 0 Å². The van der Waals surface area contributed by atoms with Crippen molar-refractivity contribution in [3.05, 3.63) is 106 Å². The van der Waals surface area contributed by atoms with E-state index >= 15 is 0 Å². The average molecular weight is 549 g/mol. The van der Waals surface area contributed by atoms with Crippen molar-refractivity contribution in [1.29, 1.82) is 0 Å². The topological polar surface area (TPSA) is 49.9 Å². The first-order chi connectivity index (χ1) is 19.2. The molecule has 1 heterocycles. The molecule has 0 radical (unpaired) electrons. The van der Waals surface area contributed by atoms with E-state index < -0.39 is 12.0 Å². The lowest BCUT2D eigenvalue weighted by Gasteiger charge is -2.27. The summed E-state index contributed by atoms with van der Waals surface area (Å²) in [5.41, 5.74) is 4.08. The van der Waals surface area contributed by atoms with Gasteiger partial charge in [0.1, 0.15) is 18.2 Å². The fourth-order valence-electron chi connectivity index (χ4n) is 5.41. The van der Waals surface area contributed by atoms with Crippen molar-refractivity contribution >= 4 is 12.0 Å². The Morgan fingerprint density at radius 2 is 1.65 bits per heavy atom. The number of carbonyl (C=O) groups is 2. The van der Waals surface area contributed by atoms with E-state index in [9.17, 15) is 18.4 Å². The van der Waals surface area contributed by atoms with Gasteiger partial charge in [-0.15, -0.1) is 0 Å². The van der Waals surface area contributed by atoms with Crippen molar-refractivity contribution in [2.45, 2.75) is 52.0 Å². The van der Waals surface area contributed by atoms with Gasteiger partial charge in [0.25, 0.3) is 0 Å². The lowest BCUT2D eigenvalue weighted by atomic mass is 9.92. The zero-order valence-electron chi connectivity index (χ0n) is 23.5. The van der Waals surface area contributed by atoms with E-state index in [0.717, 1.165) is 36.1 Å². The number of rotatable bonds is 12. The van der Waals surface area contributed by atoms with E-state index in [2.05, 4.69) is 4.90 Å². The number of amides is 2. The second-order valence-corrected chi connectivity index (χ2v) is 10.9. The molecule has 40 heavy (non-hydrogen) atoms. The van der Waals surface area contributed by atoms with Crippen LogP contribution in [0.1, 0.15) is 40.7 Å². The number of hydrogen-bond donors (Lipinski definition) is 0. The van der Waals surface area contributed by atoms with Gasteiger partial charge >= 0.3 is 6.09 Å². The molecular formula is C33H38F2N2O3. The highest BCUT2D eigenvalue weighted by Gasteiger charge is 2.40. The van der Waals surface area contributed by atoms with Crippen LogP contribution in [0.5, 0.6) is 0 Å². The van der Waals surface area contributed by atoms with Gasteiger partial charge in [0.2, 0.25) is 5.91 Å². The molecule has 0 aromatic heterocycles. The molecule has 0 N–H and O–H groups in total. The van der Waals surface area contributed by atoms with Crippen LogP contribution >= 0.6 is 0 Å². The smallest absolute Gasteiger partial charge is 0.416 e. The SMILES string of the molecule is Cc1cc(C[C@@H](CCN(C)CCCc2ccc(F)cc2)C(=O)N2C(=O)OC[C@H]2Cc2ccccc2)cc(C)c1F. The van der Waals surface area contributed by atoms with E-state index in [0.29, 0.717) is 36.9 Å². The Morgan fingerprint density at radius 3 is 2.33 bits per heavy atom. The predicted molar refractivity (Wildman–Crippen MR) is 152 cm³/mol. The third-order valence-electron chi connectivity index (χ3n) is 7.62. The first kappa shape index (κ1) is 29.4. The summed E-state index contributed by atoms with van der Waals surface area (Å²) in [5.74, 6) is -1.19. The fourth-order valence-corrected chi connectivity index (χ4v) is 5.41. The Morgan fingerprint density at radius 1 is 0.975 bits per heavy atom. The van der Waals surface area contributed by atoms with E-state index in [1.54, 1.807) is 38.1 Å². The van der Waals surface area contributed by atoms with Crippen LogP contribution < -0.4 is 0 Å². The Hall–Kier alpha value is -3.58. The average Bonchev–Trinajstić information content (AvgIpc) is 3.30. The zero-order valence-corrected chi connectivity index (χ0v) is 23.5. The first-order valence-corrected chi connectivity index (χ1v) is 13.9. The van der Waals surface area contributed by atoms with Crippen molar-refractivity contribution < 1.29 is 23.1 Å². The maximum atomic E-state index is 14.3. The quantitative estimate of drug-likeness (QED) is 0.267. The molecule has 7 heteroatoms. The number of halogens is 2. The van der Waals surface area contributed by atoms with Gasteiger partial charge in [0, 0.05) is 5.92 Å². The van der Waals surface area contributed by atoms with Gasteiger partial charge in [-0.05, 0) is 106 Å². The van der Waals surface area contributed by atoms with Crippen LogP contribution in [0, 0.1) is 31.4 Å². The molecule has 5 nitrogen and oxygen atoms in total. The summed E-state index contributed by atoms with van der Waals surface area (Å²) in [7, 11) is 2.01. The molecule has 3 aromatic rings. The Kier molecular flexibility index (Phi) is 10.0. The molecule has 212 valence electrons. The van der Waals surface area contributed by atoms with Crippen molar-refractivity contribution in [1.82, 2.24) is 9.80 Å². The van der Waals surface area contributed by atoms with Crippen LogP contribution in [0.25, 0.3) is 0 Å². The van der Waals surface area contributed by atoms with Crippen LogP contribution in [-0.4, -0.2) is 54.6 Å². The molecule has 1 fully saturated rings. The largest absolute Gasteiger partial charge is 0.447 e. The van der Waals surface area contributed by atoms with Crippen LogP contribution in [-0.2, 0) is 28.8 Å². The molecular weight excluding hydrogens is 510 g/mol. The predicted octanol–water partition coefficient (Wildman–Crippen LogP) is 6.29. The zero-order chi connectivity index (χ0) is 28.6. The second kappa shape index (κ2) is 13.7. The summed E-state index contributed by atoms with van der Waals surface area (Å²) in [6.45, 7) is 5.10. The molecule has 0 bridgehead atoms. The molecule has 1 aliphatic heterocycles. The Labute approximate surface area is 235 Å². The van der Waals surface area contributed by atoms with Gasteiger partial charge in [-0.1, -0.05) is 54.6 Å². The maximum Gasteiger partial charge on any atom is 0.416 e. The van der Waals surface area contributed by atoms with Crippen molar-refractivity contribution in [3.8, 4) is 0 Å². The van der Waals surface area contributed by atoms with E-state index in [1.165, 1.54) is 17.0 Å². The molecule has 0 saturated carbocycles. The number of carbonyl (C=O) groups excluding carboxylic acids is 2. The summed E-state index contributed by atoms with van der Waals surface area (Å²) >= 11 is 0. The third-order valence-corrected chi connectivity index (χ3v) is 7.62. The first-order valence-electron chi connectivity index (χ1n) is 13.9. The van der Waals surface area contributed by atoms with Crippen LogP contribution in [0.4, 0.5) is 13.6 Å². The van der Waals surface area contributed by atoms with E-state index in [4.69, 9.17) is 4.74 Å². The van der Waals surface area contributed by atoms with Gasteiger partial charge in [0.05, 0.1) is 6.04 Å². The minimum Gasteiger partial charge on any atom is -0.447 e. The highest BCUT2D eigenvalue weighted by Crippen LogP contribution is 2.25. The summed E-state index contributed by atoms with van der Waals surface area (Å²) < 4.78 is 32.8. The lowest BCUT2D eigenvalue weighted by Crippen LogP contribution is -2.44. The number of cyclic esters (lactones) is 1. The normalized spacial score (nSPS) is 15.9. The number of benzene rings is 3. The number of hydrogen-bond acceptors (Lipinski definition) is 4. The fraction of sp³-hybridized carbons (Fsp3) is 0.394. The highest BCUT2D eigenvalue weighted by atomic mass is 19.1. The summed E-state index contributed by atoms with van der Waals surface area (Å²) in [6.07, 6.45) is 2.62. The lowest BCUT2D eigenvalue weighted by molar-refractivity contribution is -0.133. The molecule has 3 aromatic carbocycles. The molecule has 0 unspecified atom stereocenters. The number of nitrogens with zero attached hydrogens (tertiary/aromatic N) is 2. The third kappa shape index (κ3) is 7.75. The molecule has 0 aliphatic carbocycles. The number of aryl methyl sites for hydroxylation is 3. The minimum atomic E-state index is -0.602. The monoisotopic (exact) mass is 548 g/mol. The van der Waals surface area contributed by atoms with Gasteiger partial charge < -0.3 is 9.64 Å². The van der Waals surface area contributed by atoms with E-state index in [1.807, 2.05) is 37.4 Å². The minimum absolute atomic E-state index is 0.171. The van der Waals surface area contributed by atoms with Gasteiger partial charge in [-0.25, -0.2) is 18.5 Å². The molecule has 4 rings (SSSR count). The van der Waals surface area contributed by atoms with Crippen LogP contribution in [0.2, 0.25) is 0 Å². The van der Waals surface area contributed by atoms with Gasteiger partial charge in [0.15, 0.2) is 0 Å². The Balaban J connectivity index is 1.45. The second-order valence-electron chi connectivity index (χ2n) is 10.9. The molecule has 2 atom stereocenters. The molecule has 0 spiro atoms. The maximum absolute atomic E-state index is 14.3. The van der Waals surface area contributed by atoms with E-state index in [-0.39, 0.29) is 30.2 Å². The molecule has 1 aliphatic rings. The Bertz CT molecular complexity index is 1270. The molecule has 2 amide bonds. The summed E-state index contributed by atoms with van der Waals surface area (Å²) in [6, 6.07) is 19.5. The number of ether oxygens (including phenoxy) is 1. The molecule has 1 saturated heterocycles. The van der Waals surface area contributed by atoms with Crippen LogP contribution in [0.3, 0.4) is 0 Å².